The van der Waals surface area contributed by atoms with Crippen LogP contribution in [-0.4, -0.2) is 23.3 Å². The Morgan fingerprint density at radius 2 is 2.13 bits per heavy atom. The van der Waals surface area contributed by atoms with Crippen molar-refractivity contribution >= 4 is 17.4 Å². The van der Waals surface area contributed by atoms with Crippen molar-refractivity contribution in [2.24, 2.45) is 4.99 Å². The number of aliphatic imine (C=N–C) groups is 1. The first kappa shape index (κ1) is 21.1. The molecule has 0 fully saturated rings. The Bertz CT molecular complexity index is 964. The fourth-order valence-corrected chi connectivity index (χ4v) is 2.90. The molecule has 0 saturated heterocycles. The Hall–Kier alpha value is -3.61. The van der Waals surface area contributed by atoms with Crippen LogP contribution >= 0.6 is 0 Å². The maximum atomic E-state index is 12.5. The Kier molecular flexibility index (Phi) is 7.21. The molecule has 2 aromatic rings. The molecule has 0 saturated carbocycles. The van der Waals surface area contributed by atoms with E-state index in [-0.39, 0.29) is 11.9 Å². The predicted octanol–water partition coefficient (Wildman–Crippen LogP) is 4.15. The minimum atomic E-state index is -0.214. The number of benzene rings is 1. The molecule has 0 aliphatic carbocycles. The van der Waals surface area contributed by atoms with Gasteiger partial charge in [0.15, 0.2) is 0 Å². The van der Waals surface area contributed by atoms with Crippen LogP contribution in [0.4, 0.5) is 5.69 Å². The normalized spacial score (nSPS) is 14.1. The number of carbonyl (C=O) groups excluding carboxylic acids is 1. The number of amidine groups is 1. The fraction of sp³-hybridized carbons (Fsp3) is 0.261. The number of ether oxygens (including phenoxy) is 1. The van der Waals surface area contributed by atoms with E-state index < -0.39 is 0 Å². The van der Waals surface area contributed by atoms with Crippen molar-refractivity contribution in [1.82, 2.24) is 15.6 Å². The standard InChI is InChI=1S/C23H27N5O2/c1-4-30-22-9-8-19(15-27-22)23(29)28-20-7-5-6-18(13-20)17(3)24-10-11-25-21-12-16(2)14-26-21/h5-11,13-15,17,24H,4,12H2,1-3H3,(H,25,26)(H,28,29). The highest BCUT2D eigenvalue weighted by Crippen LogP contribution is 2.18. The van der Waals surface area contributed by atoms with Gasteiger partial charge in [0.1, 0.15) is 5.84 Å². The molecule has 0 spiro atoms. The highest BCUT2D eigenvalue weighted by atomic mass is 16.5. The predicted molar refractivity (Wildman–Crippen MR) is 119 cm³/mol. The molecule has 0 bridgehead atoms. The van der Waals surface area contributed by atoms with Gasteiger partial charge in [0.25, 0.3) is 5.91 Å². The smallest absolute Gasteiger partial charge is 0.257 e. The summed E-state index contributed by atoms with van der Waals surface area (Å²) in [5, 5.41) is 9.40. The van der Waals surface area contributed by atoms with Crippen molar-refractivity contribution in [3.05, 3.63) is 77.9 Å². The number of anilines is 1. The van der Waals surface area contributed by atoms with E-state index >= 15 is 0 Å². The number of hydrogen-bond donors (Lipinski definition) is 3. The highest BCUT2D eigenvalue weighted by molar-refractivity contribution is 6.04. The molecule has 1 aromatic heterocycles. The van der Waals surface area contributed by atoms with Crippen LogP contribution in [0.1, 0.15) is 49.2 Å². The van der Waals surface area contributed by atoms with Gasteiger partial charge in [0.05, 0.1) is 12.2 Å². The van der Waals surface area contributed by atoms with Gasteiger partial charge in [-0.15, -0.1) is 0 Å². The number of nitrogens with one attached hydrogen (secondary N) is 3. The Morgan fingerprint density at radius 3 is 2.83 bits per heavy atom. The zero-order chi connectivity index (χ0) is 21.3. The van der Waals surface area contributed by atoms with Gasteiger partial charge in [-0.1, -0.05) is 12.1 Å². The van der Waals surface area contributed by atoms with Crippen LogP contribution < -0.4 is 20.7 Å². The van der Waals surface area contributed by atoms with Crippen molar-refractivity contribution in [1.29, 1.82) is 0 Å². The molecule has 1 aromatic carbocycles. The number of nitrogens with zero attached hydrogens (tertiary/aromatic N) is 2. The third kappa shape index (κ3) is 5.94. The second-order valence-electron chi connectivity index (χ2n) is 6.99. The first-order chi connectivity index (χ1) is 14.5. The first-order valence-corrected chi connectivity index (χ1v) is 9.95. The summed E-state index contributed by atoms with van der Waals surface area (Å²) in [5.41, 5.74) is 3.50. The second-order valence-corrected chi connectivity index (χ2v) is 6.99. The zero-order valence-electron chi connectivity index (χ0n) is 17.5. The lowest BCUT2D eigenvalue weighted by Gasteiger charge is -2.14. The Morgan fingerprint density at radius 1 is 1.27 bits per heavy atom. The SMILES string of the molecule is CCOc1ccc(C(=O)Nc2cccc(C(C)NC=CNC3=NC=C(C)C3)c2)cn1. The molecule has 7 nitrogen and oxygen atoms in total. The molecular weight excluding hydrogens is 378 g/mol. The zero-order valence-corrected chi connectivity index (χ0v) is 17.5. The minimum Gasteiger partial charge on any atom is -0.478 e. The summed E-state index contributed by atoms with van der Waals surface area (Å²) in [4.78, 5) is 20.9. The van der Waals surface area contributed by atoms with Crippen LogP contribution in [0.2, 0.25) is 0 Å². The van der Waals surface area contributed by atoms with Gasteiger partial charge in [-0.2, -0.15) is 0 Å². The third-order valence-corrected chi connectivity index (χ3v) is 4.50. The summed E-state index contributed by atoms with van der Waals surface area (Å²) in [6.07, 6.45) is 7.93. The number of carbonyl (C=O) groups is 1. The van der Waals surface area contributed by atoms with Crippen molar-refractivity contribution in [2.45, 2.75) is 33.2 Å². The van der Waals surface area contributed by atoms with Crippen LogP contribution in [0.25, 0.3) is 0 Å². The van der Waals surface area contributed by atoms with E-state index in [1.54, 1.807) is 12.1 Å². The molecule has 30 heavy (non-hydrogen) atoms. The largest absolute Gasteiger partial charge is 0.478 e. The third-order valence-electron chi connectivity index (χ3n) is 4.50. The molecule has 2 heterocycles. The molecular formula is C23H27N5O2. The van der Waals surface area contributed by atoms with E-state index in [9.17, 15) is 4.79 Å². The van der Waals surface area contributed by atoms with Crippen molar-refractivity contribution in [3.63, 3.8) is 0 Å². The van der Waals surface area contributed by atoms with Gasteiger partial charge >= 0.3 is 0 Å². The topological polar surface area (TPSA) is 87.6 Å². The number of rotatable bonds is 8. The van der Waals surface area contributed by atoms with Crippen LogP contribution in [0.5, 0.6) is 5.88 Å². The number of hydrogen-bond acceptors (Lipinski definition) is 6. The molecule has 1 aliphatic heterocycles. The lowest BCUT2D eigenvalue weighted by molar-refractivity contribution is 0.102. The van der Waals surface area contributed by atoms with Crippen molar-refractivity contribution < 1.29 is 9.53 Å². The van der Waals surface area contributed by atoms with E-state index in [0.717, 1.165) is 23.5 Å². The maximum absolute atomic E-state index is 12.5. The highest BCUT2D eigenvalue weighted by Gasteiger charge is 2.09. The Labute approximate surface area is 177 Å². The first-order valence-electron chi connectivity index (χ1n) is 9.95. The van der Waals surface area contributed by atoms with E-state index in [2.05, 4.69) is 39.8 Å². The second kappa shape index (κ2) is 10.2. The van der Waals surface area contributed by atoms with Gasteiger partial charge in [0.2, 0.25) is 5.88 Å². The molecule has 0 radical (unpaired) electrons. The maximum Gasteiger partial charge on any atom is 0.257 e. The van der Waals surface area contributed by atoms with Gasteiger partial charge in [0, 0.05) is 49.0 Å². The monoisotopic (exact) mass is 405 g/mol. The summed E-state index contributed by atoms with van der Waals surface area (Å²) in [6, 6.07) is 11.2. The van der Waals surface area contributed by atoms with E-state index in [0.29, 0.717) is 18.1 Å². The van der Waals surface area contributed by atoms with E-state index in [4.69, 9.17) is 4.74 Å². The minimum absolute atomic E-state index is 0.0671. The fourth-order valence-electron chi connectivity index (χ4n) is 2.90. The quantitative estimate of drug-likeness (QED) is 0.614. The molecule has 1 amide bonds. The van der Waals surface area contributed by atoms with Crippen LogP contribution in [-0.2, 0) is 0 Å². The Balaban J connectivity index is 1.53. The van der Waals surface area contributed by atoms with E-state index in [1.165, 1.54) is 11.8 Å². The van der Waals surface area contributed by atoms with Crippen LogP contribution in [0.15, 0.2) is 71.8 Å². The summed E-state index contributed by atoms with van der Waals surface area (Å²) in [7, 11) is 0. The lowest BCUT2D eigenvalue weighted by atomic mass is 10.1. The van der Waals surface area contributed by atoms with Gasteiger partial charge < -0.3 is 20.7 Å². The average Bonchev–Trinajstić information content (AvgIpc) is 3.17. The molecule has 7 heteroatoms. The van der Waals surface area contributed by atoms with Gasteiger partial charge in [-0.25, -0.2) is 9.98 Å². The molecule has 156 valence electrons. The van der Waals surface area contributed by atoms with Crippen LogP contribution in [0.3, 0.4) is 0 Å². The molecule has 1 aliphatic rings. The van der Waals surface area contributed by atoms with E-state index in [1.807, 2.05) is 49.8 Å². The summed E-state index contributed by atoms with van der Waals surface area (Å²) >= 11 is 0. The number of aromatic nitrogens is 1. The summed E-state index contributed by atoms with van der Waals surface area (Å²) in [6.45, 7) is 6.54. The van der Waals surface area contributed by atoms with Crippen LogP contribution in [0, 0.1) is 0 Å². The summed E-state index contributed by atoms with van der Waals surface area (Å²) < 4.78 is 5.31. The number of amides is 1. The van der Waals surface area contributed by atoms with Gasteiger partial charge in [-0.3, -0.25) is 4.79 Å². The summed E-state index contributed by atoms with van der Waals surface area (Å²) in [5.74, 6) is 1.23. The molecule has 1 unspecified atom stereocenters. The average molecular weight is 406 g/mol. The molecule has 3 N–H and O–H groups in total. The van der Waals surface area contributed by atoms with Gasteiger partial charge in [-0.05, 0) is 50.1 Å². The lowest BCUT2D eigenvalue weighted by Crippen LogP contribution is -2.18. The van der Waals surface area contributed by atoms with Crippen molar-refractivity contribution in [2.75, 3.05) is 11.9 Å². The molecule has 1 atom stereocenters. The van der Waals surface area contributed by atoms with Crippen molar-refractivity contribution in [3.8, 4) is 5.88 Å². The number of pyridine rings is 1. The molecule has 3 rings (SSSR count).